The first-order valence-corrected chi connectivity index (χ1v) is 5.92. The van der Waals surface area contributed by atoms with Gasteiger partial charge in [-0.2, -0.15) is 0 Å². The molecule has 2 nitrogen and oxygen atoms in total. The Hall–Kier alpha value is -1.81. The zero-order valence-electron chi connectivity index (χ0n) is 9.56. The van der Waals surface area contributed by atoms with Gasteiger partial charge in [0.05, 0.1) is 0 Å². The molecule has 18 heavy (non-hydrogen) atoms. The first-order valence-electron chi connectivity index (χ1n) is 5.47. The van der Waals surface area contributed by atoms with Crippen LogP contribution in [0.3, 0.4) is 0 Å². The average molecular weight is 261 g/mol. The zero-order chi connectivity index (χ0) is 13.0. The van der Waals surface area contributed by atoms with Crippen LogP contribution in [-0.2, 0) is 6.54 Å². The number of amides is 1. The minimum atomic E-state index is -0.319. The molecule has 0 heterocycles. The number of nitrogens with one attached hydrogen (secondary N) is 1. The molecule has 2 aromatic carbocycles. The fraction of sp³-hybridized carbons (Fsp3) is 0.0714. The Balaban J connectivity index is 2.03. The maximum atomic E-state index is 13.3. The molecule has 4 heteroatoms. The third kappa shape index (κ3) is 3.11. The number of carbonyl (C=O) groups is 1. The summed E-state index contributed by atoms with van der Waals surface area (Å²) in [4.78, 5) is 12.5. The molecule has 2 aromatic rings. The van der Waals surface area contributed by atoms with Crippen LogP contribution in [0.15, 0.2) is 53.4 Å². The van der Waals surface area contributed by atoms with Crippen LogP contribution in [0, 0.1) is 5.82 Å². The second-order valence-corrected chi connectivity index (χ2v) is 4.34. The van der Waals surface area contributed by atoms with Crippen LogP contribution in [0.25, 0.3) is 0 Å². The summed E-state index contributed by atoms with van der Waals surface area (Å²) in [5, 5.41) is 2.67. The van der Waals surface area contributed by atoms with Gasteiger partial charge in [0.25, 0.3) is 5.91 Å². The molecule has 0 fully saturated rings. The van der Waals surface area contributed by atoms with Crippen LogP contribution in [-0.4, -0.2) is 5.91 Å². The lowest BCUT2D eigenvalue weighted by Gasteiger charge is -2.06. The molecule has 92 valence electrons. The highest BCUT2D eigenvalue weighted by atomic mass is 32.1. The summed E-state index contributed by atoms with van der Waals surface area (Å²) >= 11 is 4.16. The van der Waals surface area contributed by atoms with Gasteiger partial charge in [0.15, 0.2) is 0 Å². The summed E-state index contributed by atoms with van der Waals surface area (Å²) in [5.74, 6) is -0.560. The van der Waals surface area contributed by atoms with E-state index in [1.165, 1.54) is 6.07 Å². The van der Waals surface area contributed by atoms with Gasteiger partial charge in [0.1, 0.15) is 5.82 Å². The summed E-state index contributed by atoms with van der Waals surface area (Å²) in [5.41, 5.74) is 0.978. The Morgan fingerprint density at radius 1 is 1.17 bits per heavy atom. The molecule has 0 atom stereocenters. The molecule has 1 N–H and O–H groups in total. The minimum absolute atomic E-state index is 0.169. The van der Waals surface area contributed by atoms with Gasteiger partial charge in [-0.25, -0.2) is 4.39 Å². The van der Waals surface area contributed by atoms with Crippen LogP contribution in [0.5, 0.6) is 0 Å². The normalized spacial score (nSPS) is 10.1. The molecule has 0 aliphatic carbocycles. The Morgan fingerprint density at radius 3 is 2.67 bits per heavy atom. The highest BCUT2D eigenvalue weighted by molar-refractivity contribution is 7.80. The number of benzene rings is 2. The third-order valence-electron chi connectivity index (χ3n) is 2.51. The number of hydrogen-bond donors (Lipinski definition) is 2. The minimum Gasteiger partial charge on any atom is -0.348 e. The van der Waals surface area contributed by atoms with Crippen molar-refractivity contribution in [2.24, 2.45) is 0 Å². The Labute approximate surface area is 110 Å². The molecule has 0 saturated carbocycles. The van der Waals surface area contributed by atoms with Gasteiger partial charge < -0.3 is 5.32 Å². The van der Waals surface area contributed by atoms with E-state index in [-0.39, 0.29) is 18.3 Å². The lowest BCUT2D eigenvalue weighted by Crippen LogP contribution is -2.23. The smallest absolute Gasteiger partial charge is 0.251 e. The molecule has 0 saturated heterocycles. The Kier molecular flexibility index (Phi) is 3.99. The lowest BCUT2D eigenvalue weighted by atomic mass is 10.2. The molecule has 2 rings (SSSR count). The number of hydrogen-bond acceptors (Lipinski definition) is 2. The lowest BCUT2D eigenvalue weighted by molar-refractivity contribution is 0.0950. The molecular formula is C14H12FNOS. The Morgan fingerprint density at radius 2 is 1.94 bits per heavy atom. The number of thiol groups is 1. The third-order valence-corrected chi connectivity index (χ3v) is 2.78. The van der Waals surface area contributed by atoms with Gasteiger partial charge in [-0.15, -0.1) is 12.6 Å². The highest BCUT2D eigenvalue weighted by Gasteiger charge is 2.06. The second-order valence-electron chi connectivity index (χ2n) is 3.82. The van der Waals surface area contributed by atoms with Crippen LogP contribution >= 0.6 is 12.6 Å². The number of carbonyl (C=O) groups excluding carboxylic acids is 1. The summed E-state index contributed by atoms with van der Waals surface area (Å²) in [7, 11) is 0. The van der Waals surface area contributed by atoms with Crippen molar-refractivity contribution in [1.29, 1.82) is 0 Å². The van der Waals surface area contributed by atoms with E-state index in [4.69, 9.17) is 0 Å². The van der Waals surface area contributed by atoms with Gasteiger partial charge in [0.2, 0.25) is 0 Å². The topological polar surface area (TPSA) is 29.1 Å². The fourth-order valence-corrected chi connectivity index (χ4v) is 1.79. The molecule has 0 aromatic heterocycles. The summed E-state index contributed by atoms with van der Waals surface area (Å²) < 4.78 is 13.3. The van der Waals surface area contributed by atoms with Crippen molar-refractivity contribution in [2.75, 3.05) is 0 Å². The van der Waals surface area contributed by atoms with Crippen LogP contribution in [0.2, 0.25) is 0 Å². The summed E-state index contributed by atoms with van der Waals surface area (Å²) in [6.07, 6.45) is 0. The monoisotopic (exact) mass is 261 g/mol. The molecule has 0 radical (unpaired) electrons. The quantitative estimate of drug-likeness (QED) is 0.817. The molecule has 0 bridgehead atoms. The van der Waals surface area contributed by atoms with E-state index in [9.17, 15) is 9.18 Å². The van der Waals surface area contributed by atoms with Crippen molar-refractivity contribution in [2.45, 2.75) is 11.4 Å². The van der Waals surface area contributed by atoms with E-state index < -0.39 is 0 Å². The fourth-order valence-electron chi connectivity index (χ4n) is 1.57. The van der Waals surface area contributed by atoms with Crippen LogP contribution in [0.1, 0.15) is 15.9 Å². The summed E-state index contributed by atoms with van der Waals surface area (Å²) in [6.45, 7) is 0.169. The van der Waals surface area contributed by atoms with E-state index >= 15 is 0 Å². The van der Waals surface area contributed by atoms with E-state index in [2.05, 4.69) is 17.9 Å². The van der Waals surface area contributed by atoms with E-state index in [0.717, 1.165) is 0 Å². The predicted molar refractivity (Wildman–Crippen MR) is 71.3 cm³/mol. The van der Waals surface area contributed by atoms with Gasteiger partial charge in [-0.05, 0) is 24.3 Å². The number of halogens is 1. The van der Waals surface area contributed by atoms with E-state index in [1.54, 1.807) is 42.5 Å². The molecule has 1 amide bonds. The molecule has 0 aliphatic heterocycles. The molecule has 0 unspecified atom stereocenters. The van der Waals surface area contributed by atoms with Crippen molar-refractivity contribution in [3.8, 4) is 0 Å². The van der Waals surface area contributed by atoms with Crippen LogP contribution in [0.4, 0.5) is 4.39 Å². The molecule has 0 spiro atoms. The predicted octanol–water partition coefficient (Wildman–Crippen LogP) is 3.04. The van der Waals surface area contributed by atoms with E-state index in [0.29, 0.717) is 16.0 Å². The first-order chi connectivity index (χ1) is 8.66. The van der Waals surface area contributed by atoms with Crippen molar-refractivity contribution in [1.82, 2.24) is 5.32 Å². The molecular weight excluding hydrogens is 249 g/mol. The standard InChI is InChI=1S/C14H12FNOS/c15-13-7-2-1-4-11(13)9-16-14(17)10-5-3-6-12(18)8-10/h1-8,18H,9H2,(H,16,17). The highest BCUT2D eigenvalue weighted by Crippen LogP contribution is 2.10. The second kappa shape index (κ2) is 5.69. The van der Waals surface area contributed by atoms with Gasteiger partial charge in [0, 0.05) is 22.6 Å². The van der Waals surface area contributed by atoms with Crippen LogP contribution < -0.4 is 5.32 Å². The van der Waals surface area contributed by atoms with Crippen molar-refractivity contribution < 1.29 is 9.18 Å². The maximum absolute atomic E-state index is 13.3. The maximum Gasteiger partial charge on any atom is 0.251 e. The average Bonchev–Trinajstić information content (AvgIpc) is 2.37. The van der Waals surface area contributed by atoms with Gasteiger partial charge in [-0.1, -0.05) is 24.3 Å². The summed E-state index contributed by atoms with van der Waals surface area (Å²) in [6, 6.07) is 13.3. The van der Waals surface area contributed by atoms with Gasteiger partial charge >= 0.3 is 0 Å². The van der Waals surface area contributed by atoms with Crippen molar-refractivity contribution in [3.05, 3.63) is 65.5 Å². The van der Waals surface area contributed by atoms with Crippen molar-refractivity contribution >= 4 is 18.5 Å². The van der Waals surface area contributed by atoms with E-state index in [1.807, 2.05) is 0 Å². The molecule has 0 aliphatic rings. The SMILES string of the molecule is O=C(NCc1ccccc1F)c1cccc(S)c1. The Bertz CT molecular complexity index is 571. The van der Waals surface area contributed by atoms with Crippen molar-refractivity contribution in [3.63, 3.8) is 0 Å². The first kappa shape index (κ1) is 12.6. The number of rotatable bonds is 3. The van der Waals surface area contributed by atoms with Gasteiger partial charge in [-0.3, -0.25) is 4.79 Å². The largest absolute Gasteiger partial charge is 0.348 e. The zero-order valence-corrected chi connectivity index (χ0v) is 10.5.